The molecule has 0 spiro atoms. The van der Waals surface area contributed by atoms with E-state index in [1.807, 2.05) is 28.8 Å². The first kappa shape index (κ1) is 13.2. The van der Waals surface area contributed by atoms with Crippen LogP contribution in [0.3, 0.4) is 0 Å². The quantitative estimate of drug-likeness (QED) is 0.853. The number of thioether (sulfide) groups is 1. The third kappa shape index (κ3) is 2.55. The molecule has 1 aromatic heterocycles. The van der Waals surface area contributed by atoms with E-state index in [-0.39, 0.29) is 6.61 Å². The summed E-state index contributed by atoms with van der Waals surface area (Å²) in [7, 11) is 0. The van der Waals surface area contributed by atoms with E-state index in [2.05, 4.69) is 16.3 Å². The Labute approximate surface area is 121 Å². The molecule has 0 radical (unpaired) electrons. The first-order chi connectivity index (χ1) is 9.83. The first-order valence-electron chi connectivity index (χ1n) is 6.49. The summed E-state index contributed by atoms with van der Waals surface area (Å²) < 4.78 is 2.03. The van der Waals surface area contributed by atoms with Crippen molar-refractivity contribution in [1.82, 2.24) is 14.8 Å². The van der Waals surface area contributed by atoms with Gasteiger partial charge < -0.3 is 9.67 Å². The highest BCUT2D eigenvalue weighted by atomic mass is 32.2. The second-order valence-corrected chi connectivity index (χ2v) is 5.66. The average Bonchev–Trinajstić information content (AvgIpc) is 3.25. The van der Waals surface area contributed by atoms with E-state index in [9.17, 15) is 5.11 Å². The van der Waals surface area contributed by atoms with E-state index in [0.29, 0.717) is 23.2 Å². The zero-order valence-electron chi connectivity index (χ0n) is 10.9. The zero-order valence-corrected chi connectivity index (χ0v) is 11.7. The Kier molecular flexibility index (Phi) is 3.72. The summed E-state index contributed by atoms with van der Waals surface area (Å²) in [5.74, 6) is 1.31. The molecule has 5 nitrogen and oxygen atoms in total. The maximum absolute atomic E-state index is 9.30. The van der Waals surface area contributed by atoms with Gasteiger partial charge in [0.15, 0.2) is 11.0 Å². The second kappa shape index (κ2) is 5.65. The molecular formula is C14H14N4OS. The van der Waals surface area contributed by atoms with Crippen molar-refractivity contribution in [3.8, 4) is 6.07 Å². The van der Waals surface area contributed by atoms with Crippen molar-refractivity contribution < 1.29 is 5.11 Å². The zero-order chi connectivity index (χ0) is 13.9. The third-order valence-corrected chi connectivity index (χ3v) is 4.28. The molecule has 0 bridgehead atoms. The van der Waals surface area contributed by atoms with E-state index in [0.717, 1.165) is 23.6 Å². The normalized spacial score (nSPS) is 14.2. The number of aliphatic hydroxyl groups excluding tert-OH is 1. The number of benzene rings is 1. The SMILES string of the molecule is N#Cc1ccccc1CSc1nnc(CO)n1C1CC1. The van der Waals surface area contributed by atoms with E-state index < -0.39 is 0 Å². The van der Waals surface area contributed by atoms with Gasteiger partial charge in [-0.2, -0.15) is 5.26 Å². The Hall–Kier alpha value is -1.84. The van der Waals surface area contributed by atoms with Gasteiger partial charge >= 0.3 is 0 Å². The minimum absolute atomic E-state index is 0.0845. The molecule has 1 aliphatic carbocycles. The van der Waals surface area contributed by atoms with Crippen LogP contribution in [0.2, 0.25) is 0 Å². The fourth-order valence-electron chi connectivity index (χ4n) is 2.11. The lowest BCUT2D eigenvalue weighted by Gasteiger charge is -2.07. The molecule has 0 aliphatic heterocycles. The van der Waals surface area contributed by atoms with Gasteiger partial charge in [-0.05, 0) is 24.5 Å². The van der Waals surface area contributed by atoms with Crippen LogP contribution in [0.5, 0.6) is 0 Å². The van der Waals surface area contributed by atoms with Crippen molar-refractivity contribution >= 4 is 11.8 Å². The molecule has 1 saturated carbocycles. The average molecular weight is 286 g/mol. The van der Waals surface area contributed by atoms with Gasteiger partial charge in [-0.25, -0.2) is 0 Å². The monoisotopic (exact) mass is 286 g/mol. The van der Waals surface area contributed by atoms with E-state index in [1.165, 1.54) is 0 Å². The molecule has 1 N–H and O–H groups in total. The molecule has 1 aromatic carbocycles. The van der Waals surface area contributed by atoms with Crippen molar-refractivity contribution in [2.75, 3.05) is 0 Å². The number of nitrogens with zero attached hydrogens (tertiary/aromatic N) is 4. The van der Waals surface area contributed by atoms with Crippen LogP contribution in [0.1, 0.15) is 35.8 Å². The van der Waals surface area contributed by atoms with Crippen LogP contribution in [0.4, 0.5) is 0 Å². The fourth-order valence-corrected chi connectivity index (χ4v) is 3.14. The molecule has 1 aliphatic rings. The van der Waals surface area contributed by atoms with Crippen LogP contribution >= 0.6 is 11.8 Å². The minimum atomic E-state index is -0.0845. The molecule has 0 amide bonds. The second-order valence-electron chi connectivity index (χ2n) is 4.72. The van der Waals surface area contributed by atoms with Crippen LogP contribution in [-0.4, -0.2) is 19.9 Å². The highest BCUT2D eigenvalue weighted by Gasteiger charge is 2.29. The largest absolute Gasteiger partial charge is 0.388 e. The van der Waals surface area contributed by atoms with E-state index in [4.69, 9.17) is 5.26 Å². The standard InChI is InChI=1S/C14H14N4OS/c15-7-10-3-1-2-4-11(10)9-20-14-17-16-13(8-19)18(14)12-5-6-12/h1-4,12,19H,5-6,8-9H2. The number of hydrogen-bond donors (Lipinski definition) is 1. The molecule has 102 valence electrons. The lowest BCUT2D eigenvalue weighted by molar-refractivity contribution is 0.263. The lowest BCUT2D eigenvalue weighted by Crippen LogP contribution is -2.03. The Morgan fingerprint density at radius 1 is 1.35 bits per heavy atom. The molecule has 6 heteroatoms. The predicted octanol–water partition coefficient (Wildman–Crippen LogP) is 2.27. The predicted molar refractivity (Wildman–Crippen MR) is 74.9 cm³/mol. The lowest BCUT2D eigenvalue weighted by atomic mass is 10.1. The summed E-state index contributed by atoms with van der Waals surface area (Å²) in [6.45, 7) is -0.0845. The Morgan fingerprint density at radius 2 is 2.15 bits per heavy atom. The smallest absolute Gasteiger partial charge is 0.191 e. The van der Waals surface area contributed by atoms with Gasteiger partial charge in [-0.1, -0.05) is 30.0 Å². The van der Waals surface area contributed by atoms with Gasteiger partial charge in [-0.15, -0.1) is 10.2 Å². The number of aliphatic hydroxyl groups is 1. The van der Waals surface area contributed by atoms with Crippen molar-refractivity contribution in [3.05, 3.63) is 41.2 Å². The summed E-state index contributed by atoms with van der Waals surface area (Å²) in [5.41, 5.74) is 1.69. The molecule has 3 rings (SSSR count). The van der Waals surface area contributed by atoms with E-state index >= 15 is 0 Å². The van der Waals surface area contributed by atoms with Crippen molar-refractivity contribution in [3.63, 3.8) is 0 Å². The van der Waals surface area contributed by atoms with Gasteiger partial charge in [0.05, 0.1) is 11.6 Å². The topological polar surface area (TPSA) is 74.7 Å². The number of aromatic nitrogens is 3. The molecule has 1 heterocycles. The summed E-state index contributed by atoms with van der Waals surface area (Å²) >= 11 is 1.56. The Morgan fingerprint density at radius 3 is 2.85 bits per heavy atom. The van der Waals surface area contributed by atoms with Crippen LogP contribution in [0, 0.1) is 11.3 Å². The first-order valence-corrected chi connectivity index (χ1v) is 7.47. The number of hydrogen-bond acceptors (Lipinski definition) is 5. The van der Waals surface area contributed by atoms with Gasteiger partial charge in [0.25, 0.3) is 0 Å². The molecule has 0 unspecified atom stereocenters. The summed E-state index contributed by atoms with van der Waals surface area (Å²) in [4.78, 5) is 0. The molecule has 0 saturated heterocycles. The van der Waals surface area contributed by atoms with Crippen LogP contribution in [-0.2, 0) is 12.4 Å². The van der Waals surface area contributed by atoms with Crippen molar-refractivity contribution in [2.45, 2.75) is 36.4 Å². The van der Waals surface area contributed by atoms with Crippen LogP contribution < -0.4 is 0 Å². The number of rotatable bonds is 5. The van der Waals surface area contributed by atoms with Crippen molar-refractivity contribution in [1.29, 1.82) is 5.26 Å². The minimum Gasteiger partial charge on any atom is -0.388 e. The van der Waals surface area contributed by atoms with Crippen LogP contribution in [0.25, 0.3) is 0 Å². The maximum Gasteiger partial charge on any atom is 0.191 e. The Bertz CT molecular complexity index is 657. The highest BCUT2D eigenvalue weighted by molar-refractivity contribution is 7.98. The van der Waals surface area contributed by atoms with Gasteiger partial charge in [0.2, 0.25) is 0 Å². The van der Waals surface area contributed by atoms with Gasteiger partial charge in [0, 0.05) is 11.8 Å². The highest BCUT2D eigenvalue weighted by Crippen LogP contribution is 2.39. The molecular weight excluding hydrogens is 272 g/mol. The maximum atomic E-state index is 9.30. The van der Waals surface area contributed by atoms with Crippen molar-refractivity contribution in [2.24, 2.45) is 0 Å². The molecule has 0 atom stereocenters. The summed E-state index contributed by atoms with van der Waals surface area (Å²) in [6, 6.07) is 10.2. The molecule has 1 fully saturated rings. The fraction of sp³-hybridized carbons (Fsp3) is 0.357. The van der Waals surface area contributed by atoms with E-state index in [1.54, 1.807) is 11.8 Å². The molecule has 2 aromatic rings. The van der Waals surface area contributed by atoms with Gasteiger partial charge in [0.1, 0.15) is 6.61 Å². The molecule has 20 heavy (non-hydrogen) atoms. The van der Waals surface area contributed by atoms with Crippen LogP contribution in [0.15, 0.2) is 29.4 Å². The number of nitriles is 1. The summed E-state index contributed by atoms with van der Waals surface area (Å²) in [6.07, 6.45) is 2.24. The third-order valence-electron chi connectivity index (χ3n) is 3.28. The Balaban J connectivity index is 1.79. The summed E-state index contributed by atoms with van der Waals surface area (Å²) in [5, 5.41) is 27.4. The van der Waals surface area contributed by atoms with Gasteiger partial charge in [-0.3, -0.25) is 0 Å².